The van der Waals surface area contributed by atoms with E-state index < -0.39 is 5.97 Å². The summed E-state index contributed by atoms with van der Waals surface area (Å²) >= 11 is 0. The van der Waals surface area contributed by atoms with Gasteiger partial charge in [-0.3, -0.25) is 4.79 Å². The van der Waals surface area contributed by atoms with Crippen LogP contribution in [0.15, 0.2) is 71.3 Å². The smallest absolute Gasteiger partial charge is 0.340 e. The SMILES string of the molecule is COC(=O)c1cn(CC(=O)Nc2cc3oc4ccccc4c3cc2OC)c2ccccc12. The second-order valence-corrected chi connectivity index (χ2v) is 7.37. The number of hydrogen-bond donors (Lipinski definition) is 1. The minimum absolute atomic E-state index is 0.0127. The van der Waals surface area contributed by atoms with Crippen molar-refractivity contribution in [3.05, 3.63) is 72.4 Å². The zero-order valence-electron chi connectivity index (χ0n) is 17.5. The zero-order chi connectivity index (χ0) is 22.2. The molecule has 7 nitrogen and oxygen atoms in total. The number of nitrogens with zero attached hydrogens (tertiary/aromatic N) is 1. The first-order valence-electron chi connectivity index (χ1n) is 10.0. The molecule has 3 aromatic carbocycles. The van der Waals surface area contributed by atoms with Crippen molar-refractivity contribution < 1.29 is 23.5 Å². The average molecular weight is 428 g/mol. The largest absolute Gasteiger partial charge is 0.495 e. The first-order chi connectivity index (χ1) is 15.6. The maximum absolute atomic E-state index is 12.9. The molecule has 2 heterocycles. The maximum atomic E-state index is 12.9. The Balaban J connectivity index is 1.48. The molecular weight excluding hydrogens is 408 g/mol. The molecule has 160 valence electrons. The maximum Gasteiger partial charge on any atom is 0.340 e. The molecule has 0 radical (unpaired) electrons. The quantitative estimate of drug-likeness (QED) is 0.400. The fourth-order valence-electron chi connectivity index (χ4n) is 4.01. The van der Waals surface area contributed by atoms with Gasteiger partial charge in [0.1, 0.15) is 23.5 Å². The lowest BCUT2D eigenvalue weighted by molar-refractivity contribution is -0.116. The van der Waals surface area contributed by atoms with Crippen LogP contribution in [0, 0.1) is 0 Å². The molecule has 1 amide bonds. The van der Waals surface area contributed by atoms with Gasteiger partial charge in [0, 0.05) is 33.9 Å². The fourth-order valence-corrected chi connectivity index (χ4v) is 4.01. The summed E-state index contributed by atoms with van der Waals surface area (Å²) in [5.41, 5.74) is 3.11. The zero-order valence-corrected chi connectivity index (χ0v) is 17.5. The van der Waals surface area contributed by atoms with Crippen LogP contribution in [0.1, 0.15) is 10.4 Å². The van der Waals surface area contributed by atoms with E-state index in [0.29, 0.717) is 22.6 Å². The van der Waals surface area contributed by atoms with Crippen molar-refractivity contribution in [2.24, 2.45) is 0 Å². The molecule has 0 saturated carbocycles. The number of anilines is 1. The predicted octanol–water partition coefficient (Wildman–Crippen LogP) is 4.97. The monoisotopic (exact) mass is 428 g/mol. The molecule has 5 aromatic rings. The number of carbonyl (C=O) groups is 2. The van der Waals surface area contributed by atoms with Crippen LogP contribution >= 0.6 is 0 Å². The van der Waals surface area contributed by atoms with Crippen LogP contribution < -0.4 is 10.1 Å². The Kier molecular flexibility index (Phi) is 4.78. The number of hydrogen-bond acceptors (Lipinski definition) is 5. The number of furan rings is 1. The number of esters is 1. The van der Waals surface area contributed by atoms with Crippen LogP contribution in [0.5, 0.6) is 5.75 Å². The molecule has 5 rings (SSSR count). The highest BCUT2D eigenvalue weighted by Crippen LogP contribution is 2.36. The first kappa shape index (κ1) is 19.7. The number of nitrogens with one attached hydrogen (secondary N) is 1. The third-order valence-corrected chi connectivity index (χ3v) is 5.48. The summed E-state index contributed by atoms with van der Waals surface area (Å²) in [5, 5.41) is 5.52. The molecule has 1 N–H and O–H groups in total. The van der Waals surface area contributed by atoms with Gasteiger partial charge < -0.3 is 23.8 Å². The third-order valence-electron chi connectivity index (χ3n) is 5.48. The Bertz CT molecular complexity index is 1490. The highest BCUT2D eigenvalue weighted by atomic mass is 16.5. The summed E-state index contributed by atoms with van der Waals surface area (Å²) in [6.07, 6.45) is 1.63. The number of fused-ring (bicyclic) bond motifs is 4. The van der Waals surface area contributed by atoms with E-state index >= 15 is 0 Å². The van der Waals surface area contributed by atoms with Gasteiger partial charge in [-0.1, -0.05) is 36.4 Å². The molecule has 0 saturated heterocycles. The lowest BCUT2D eigenvalue weighted by Gasteiger charge is -2.11. The molecule has 0 aliphatic carbocycles. The van der Waals surface area contributed by atoms with Gasteiger partial charge in [-0.05, 0) is 18.2 Å². The Labute approximate surface area is 183 Å². The summed E-state index contributed by atoms with van der Waals surface area (Å²) < 4.78 is 18.0. The lowest BCUT2D eigenvalue weighted by Crippen LogP contribution is -2.18. The van der Waals surface area contributed by atoms with Crippen molar-refractivity contribution in [2.45, 2.75) is 6.54 Å². The molecule has 0 aliphatic rings. The number of methoxy groups -OCH3 is 2. The molecule has 0 spiro atoms. The van der Waals surface area contributed by atoms with Gasteiger partial charge in [0.2, 0.25) is 5.91 Å². The third kappa shape index (κ3) is 3.24. The average Bonchev–Trinajstić information content (AvgIpc) is 3.36. The molecule has 2 aromatic heterocycles. The van der Waals surface area contributed by atoms with E-state index in [-0.39, 0.29) is 12.5 Å². The van der Waals surface area contributed by atoms with Gasteiger partial charge in [-0.25, -0.2) is 4.79 Å². The van der Waals surface area contributed by atoms with Crippen molar-refractivity contribution in [1.82, 2.24) is 4.57 Å². The van der Waals surface area contributed by atoms with E-state index in [0.717, 1.165) is 27.3 Å². The van der Waals surface area contributed by atoms with E-state index in [1.807, 2.05) is 54.6 Å². The van der Waals surface area contributed by atoms with Crippen LogP contribution in [0.4, 0.5) is 5.69 Å². The summed E-state index contributed by atoms with van der Waals surface area (Å²) in [5.74, 6) is -0.182. The second-order valence-electron chi connectivity index (χ2n) is 7.37. The highest BCUT2D eigenvalue weighted by Gasteiger charge is 2.18. The van der Waals surface area contributed by atoms with Crippen LogP contribution in [-0.2, 0) is 16.1 Å². The lowest BCUT2D eigenvalue weighted by atomic mass is 10.1. The Morgan fingerprint density at radius 2 is 1.69 bits per heavy atom. The molecule has 32 heavy (non-hydrogen) atoms. The normalized spacial score (nSPS) is 11.2. The van der Waals surface area contributed by atoms with Crippen molar-refractivity contribution in [1.29, 1.82) is 0 Å². The second kappa shape index (κ2) is 7.77. The van der Waals surface area contributed by atoms with Crippen LogP contribution in [-0.4, -0.2) is 30.7 Å². The summed E-state index contributed by atoms with van der Waals surface area (Å²) in [7, 11) is 2.89. The number of amides is 1. The Hall–Kier alpha value is -4.26. The van der Waals surface area contributed by atoms with Crippen molar-refractivity contribution in [3.8, 4) is 5.75 Å². The van der Waals surface area contributed by atoms with E-state index in [9.17, 15) is 9.59 Å². The number of carbonyl (C=O) groups excluding carboxylic acids is 2. The van der Waals surface area contributed by atoms with Crippen molar-refractivity contribution in [2.75, 3.05) is 19.5 Å². The van der Waals surface area contributed by atoms with Gasteiger partial charge in [-0.2, -0.15) is 0 Å². The van der Waals surface area contributed by atoms with E-state index in [4.69, 9.17) is 13.9 Å². The van der Waals surface area contributed by atoms with Gasteiger partial charge in [0.05, 0.1) is 25.5 Å². The fraction of sp³-hybridized carbons (Fsp3) is 0.120. The minimum atomic E-state index is -0.447. The summed E-state index contributed by atoms with van der Waals surface area (Å²) in [6.45, 7) is 0.0127. The number of benzene rings is 3. The molecule has 0 fully saturated rings. The Morgan fingerprint density at radius 3 is 2.47 bits per heavy atom. The van der Waals surface area contributed by atoms with Crippen LogP contribution in [0.2, 0.25) is 0 Å². The van der Waals surface area contributed by atoms with Crippen LogP contribution in [0.25, 0.3) is 32.8 Å². The van der Waals surface area contributed by atoms with Crippen molar-refractivity contribution in [3.63, 3.8) is 0 Å². The summed E-state index contributed by atoms with van der Waals surface area (Å²) in [4.78, 5) is 25.1. The number of rotatable bonds is 5. The molecule has 0 unspecified atom stereocenters. The van der Waals surface area contributed by atoms with Gasteiger partial charge in [0.25, 0.3) is 0 Å². The van der Waals surface area contributed by atoms with Crippen LogP contribution in [0.3, 0.4) is 0 Å². The molecular formula is C25H20N2O5. The number of ether oxygens (including phenoxy) is 2. The molecule has 0 aliphatic heterocycles. The number of para-hydroxylation sites is 2. The van der Waals surface area contributed by atoms with Gasteiger partial charge >= 0.3 is 5.97 Å². The van der Waals surface area contributed by atoms with Crippen molar-refractivity contribution >= 4 is 50.4 Å². The molecule has 0 bridgehead atoms. The number of aromatic nitrogens is 1. The Morgan fingerprint density at radius 1 is 0.938 bits per heavy atom. The molecule has 0 atom stereocenters. The first-order valence-corrected chi connectivity index (χ1v) is 10.0. The predicted molar refractivity (Wildman–Crippen MR) is 122 cm³/mol. The van der Waals surface area contributed by atoms with E-state index in [2.05, 4.69) is 5.32 Å². The highest BCUT2D eigenvalue weighted by molar-refractivity contribution is 6.08. The van der Waals surface area contributed by atoms with E-state index in [1.165, 1.54) is 7.11 Å². The standard InChI is InChI=1S/C25H20N2O5/c1-30-23-11-17-16-8-4-6-10-21(16)32-22(17)12-19(23)26-24(28)14-27-13-18(25(29)31-2)15-7-3-5-9-20(15)27/h3-13H,14H2,1-2H3,(H,26,28). The molecule has 7 heteroatoms. The summed E-state index contributed by atoms with van der Waals surface area (Å²) in [6, 6.07) is 18.7. The van der Waals surface area contributed by atoms with Gasteiger partial charge in [-0.15, -0.1) is 0 Å². The topological polar surface area (TPSA) is 82.7 Å². The minimum Gasteiger partial charge on any atom is -0.495 e. The van der Waals surface area contributed by atoms with Gasteiger partial charge in [0.15, 0.2) is 0 Å². The van der Waals surface area contributed by atoms with E-state index in [1.54, 1.807) is 23.9 Å².